The largest absolute Gasteiger partial charge is 0.479 e. The van der Waals surface area contributed by atoms with E-state index in [0.717, 1.165) is 32.1 Å². The molecule has 30 heavy (non-hydrogen) atoms. The SMILES string of the molecule is CCCCCCCCC=CCCCCCCCC(=O)OC(CO)COC(C)C(=O)O. The van der Waals surface area contributed by atoms with E-state index >= 15 is 0 Å². The van der Waals surface area contributed by atoms with Crippen LogP contribution in [0, 0.1) is 0 Å². The van der Waals surface area contributed by atoms with Crippen molar-refractivity contribution in [2.75, 3.05) is 13.2 Å². The van der Waals surface area contributed by atoms with Crippen molar-refractivity contribution in [1.29, 1.82) is 0 Å². The summed E-state index contributed by atoms with van der Waals surface area (Å²) in [5.41, 5.74) is 0. The van der Waals surface area contributed by atoms with Crippen molar-refractivity contribution >= 4 is 11.9 Å². The van der Waals surface area contributed by atoms with Gasteiger partial charge in [0.1, 0.15) is 6.10 Å². The van der Waals surface area contributed by atoms with Crippen LogP contribution >= 0.6 is 0 Å². The summed E-state index contributed by atoms with van der Waals surface area (Å²) >= 11 is 0. The maximum absolute atomic E-state index is 11.8. The minimum absolute atomic E-state index is 0.123. The number of rotatable bonds is 21. The van der Waals surface area contributed by atoms with Gasteiger partial charge in [-0.1, -0.05) is 70.4 Å². The topological polar surface area (TPSA) is 93.1 Å². The van der Waals surface area contributed by atoms with Crippen LogP contribution in [0.1, 0.15) is 104 Å². The van der Waals surface area contributed by atoms with Gasteiger partial charge in [-0.15, -0.1) is 0 Å². The second-order valence-corrected chi connectivity index (χ2v) is 7.94. The summed E-state index contributed by atoms with van der Waals surface area (Å²) in [7, 11) is 0. The Balaban J connectivity index is 3.53. The molecule has 2 unspecified atom stereocenters. The molecule has 0 heterocycles. The molecule has 6 heteroatoms. The van der Waals surface area contributed by atoms with Crippen LogP contribution in [0.5, 0.6) is 0 Å². The Hall–Kier alpha value is -1.40. The second kappa shape index (κ2) is 20.9. The third-order valence-electron chi connectivity index (χ3n) is 5.02. The molecule has 0 rings (SSSR count). The van der Waals surface area contributed by atoms with Crippen LogP contribution < -0.4 is 0 Å². The Bertz CT molecular complexity index is 449. The molecule has 0 saturated carbocycles. The van der Waals surface area contributed by atoms with Crippen LogP contribution in [0.4, 0.5) is 0 Å². The summed E-state index contributed by atoms with van der Waals surface area (Å²) in [6.07, 6.45) is 18.7. The molecular weight excluding hydrogens is 384 g/mol. The van der Waals surface area contributed by atoms with Gasteiger partial charge < -0.3 is 19.7 Å². The van der Waals surface area contributed by atoms with Gasteiger partial charge in [-0.3, -0.25) is 4.79 Å². The molecule has 0 fully saturated rings. The minimum atomic E-state index is -1.09. The highest BCUT2D eigenvalue weighted by molar-refractivity contribution is 5.71. The fourth-order valence-corrected chi connectivity index (χ4v) is 3.03. The number of aliphatic hydroxyl groups is 1. The quantitative estimate of drug-likeness (QED) is 0.144. The van der Waals surface area contributed by atoms with Crippen LogP contribution in [0.2, 0.25) is 0 Å². The number of carbonyl (C=O) groups excluding carboxylic acids is 1. The van der Waals surface area contributed by atoms with Crippen molar-refractivity contribution in [3.8, 4) is 0 Å². The number of carbonyl (C=O) groups is 2. The molecule has 0 aliphatic carbocycles. The molecular formula is C24H44O6. The average Bonchev–Trinajstić information content (AvgIpc) is 2.73. The van der Waals surface area contributed by atoms with E-state index in [9.17, 15) is 14.7 Å². The standard InChI is InChI=1S/C24H44O6/c1-3-4-5-6-7-8-9-10-11-12-13-14-15-16-17-18-23(26)30-22(19-25)20-29-21(2)24(27)28/h10-11,21-22,25H,3-9,12-20H2,1-2H3,(H,27,28). The first kappa shape index (κ1) is 28.6. The first-order chi connectivity index (χ1) is 14.5. The summed E-state index contributed by atoms with van der Waals surface area (Å²) in [4.78, 5) is 22.5. The van der Waals surface area contributed by atoms with Crippen molar-refractivity contribution < 1.29 is 29.3 Å². The van der Waals surface area contributed by atoms with E-state index in [1.807, 2.05) is 0 Å². The number of carboxylic acid groups (broad SMARTS) is 1. The van der Waals surface area contributed by atoms with Crippen molar-refractivity contribution in [3.63, 3.8) is 0 Å². The Morgan fingerprint density at radius 2 is 1.40 bits per heavy atom. The van der Waals surface area contributed by atoms with Crippen molar-refractivity contribution in [2.24, 2.45) is 0 Å². The number of esters is 1. The summed E-state index contributed by atoms with van der Waals surface area (Å²) in [6, 6.07) is 0. The number of hydrogen-bond donors (Lipinski definition) is 2. The lowest BCUT2D eigenvalue weighted by Gasteiger charge is -2.17. The zero-order valence-electron chi connectivity index (χ0n) is 19.2. The molecule has 176 valence electrons. The van der Waals surface area contributed by atoms with Gasteiger partial charge in [0.25, 0.3) is 0 Å². The maximum Gasteiger partial charge on any atom is 0.332 e. The number of carboxylic acids is 1. The molecule has 2 N–H and O–H groups in total. The monoisotopic (exact) mass is 428 g/mol. The first-order valence-electron chi connectivity index (χ1n) is 11.8. The fourth-order valence-electron chi connectivity index (χ4n) is 3.03. The van der Waals surface area contributed by atoms with Crippen molar-refractivity contribution in [2.45, 2.75) is 116 Å². The van der Waals surface area contributed by atoms with E-state index in [4.69, 9.17) is 14.6 Å². The smallest absolute Gasteiger partial charge is 0.332 e. The molecule has 0 radical (unpaired) electrons. The van der Waals surface area contributed by atoms with Gasteiger partial charge in [0.2, 0.25) is 0 Å². The number of aliphatic carboxylic acids is 1. The van der Waals surface area contributed by atoms with Crippen LogP contribution in [-0.2, 0) is 19.1 Å². The highest BCUT2D eigenvalue weighted by Gasteiger charge is 2.18. The van der Waals surface area contributed by atoms with E-state index in [1.165, 1.54) is 58.3 Å². The van der Waals surface area contributed by atoms with Gasteiger partial charge >= 0.3 is 11.9 Å². The minimum Gasteiger partial charge on any atom is -0.479 e. The van der Waals surface area contributed by atoms with Crippen LogP contribution in [-0.4, -0.2) is 47.6 Å². The molecule has 0 spiro atoms. The zero-order chi connectivity index (χ0) is 22.5. The Labute approximate surface area is 183 Å². The van der Waals surface area contributed by atoms with Crippen LogP contribution in [0.15, 0.2) is 12.2 Å². The normalized spacial score (nSPS) is 13.4. The lowest BCUT2D eigenvalue weighted by atomic mass is 10.1. The molecule has 0 aliphatic rings. The summed E-state index contributed by atoms with van der Waals surface area (Å²) < 4.78 is 10.2. The van der Waals surface area contributed by atoms with E-state index in [2.05, 4.69) is 19.1 Å². The highest BCUT2D eigenvalue weighted by atomic mass is 16.6. The van der Waals surface area contributed by atoms with E-state index in [-0.39, 0.29) is 19.2 Å². The van der Waals surface area contributed by atoms with Crippen molar-refractivity contribution in [1.82, 2.24) is 0 Å². The maximum atomic E-state index is 11.8. The van der Waals surface area contributed by atoms with Gasteiger partial charge in [0.15, 0.2) is 6.10 Å². The Morgan fingerprint density at radius 3 is 1.93 bits per heavy atom. The number of aliphatic hydroxyl groups excluding tert-OH is 1. The third-order valence-corrected chi connectivity index (χ3v) is 5.02. The highest BCUT2D eigenvalue weighted by Crippen LogP contribution is 2.10. The number of hydrogen-bond acceptors (Lipinski definition) is 5. The first-order valence-corrected chi connectivity index (χ1v) is 11.8. The predicted octanol–water partition coefficient (Wildman–Crippen LogP) is 5.42. The molecule has 2 atom stereocenters. The van der Waals surface area contributed by atoms with Gasteiger partial charge in [-0.05, 0) is 39.0 Å². The predicted molar refractivity (Wildman–Crippen MR) is 119 cm³/mol. The number of unbranched alkanes of at least 4 members (excludes halogenated alkanes) is 11. The van der Waals surface area contributed by atoms with Gasteiger partial charge in [0, 0.05) is 6.42 Å². The third kappa shape index (κ3) is 18.6. The van der Waals surface area contributed by atoms with Crippen LogP contribution in [0.3, 0.4) is 0 Å². The molecule has 0 saturated heterocycles. The molecule has 0 bridgehead atoms. The van der Waals surface area contributed by atoms with E-state index in [1.54, 1.807) is 0 Å². The fraction of sp³-hybridized carbons (Fsp3) is 0.833. The summed E-state index contributed by atoms with van der Waals surface area (Å²) in [5.74, 6) is -1.47. The molecule has 0 aromatic heterocycles. The molecule has 0 aliphatic heterocycles. The summed E-state index contributed by atoms with van der Waals surface area (Å²) in [6.45, 7) is 3.13. The van der Waals surface area contributed by atoms with Crippen molar-refractivity contribution in [3.05, 3.63) is 12.2 Å². The van der Waals surface area contributed by atoms with E-state index in [0.29, 0.717) is 6.42 Å². The zero-order valence-corrected chi connectivity index (χ0v) is 19.2. The molecule has 0 aromatic rings. The van der Waals surface area contributed by atoms with E-state index < -0.39 is 18.2 Å². The van der Waals surface area contributed by atoms with Gasteiger partial charge in [0.05, 0.1) is 13.2 Å². The summed E-state index contributed by atoms with van der Waals surface area (Å²) in [5, 5.41) is 18.0. The lowest BCUT2D eigenvalue weighted by Crippen LogP contribution is -2.31. The average molecular weight is 429 g/mol. The molecule has 0 aromatic carbocycles. The molecule has 0 amide bonds. The van der Waals surface area contributed by atoms with Gasteiger partial charge in [-0.2, -0.15) is 0 Å². The lowest BCUT2D eigenvalue weighted by molar-refractivity contribution is -0.160. The van der Waals surface area contributed by atoms with Gasteiger partial charge in [-0.25, -0.2) is 4.79 Å². The van der Waals surface area contributed by atoms with Crippen LogP contribution in [0.25, 0.3) is 0 Å². The second-order valence-electron chi connectivity index (χ2n) is 7.94. The molecule has 6 nitrogen and oxygen atoms in total. The number of allylic oxidation sites excluding steroid dienone is 2. The Morgan fingerprint density at radius 1 is 0.867 bits per heavy atom. The Kier molecular flexibility index (Phi) is 19.9. The number of ether oxygens (including phenoxy) is 2.